The molecular formula is C24H15F3N6O4S. The van der Waals surface area contributed by atoms with Crippen LogP contribution in [0, 0.1) is 17.5 Å². The molecule has 5 rings (SSSR count). The van der Waals surface area contributed by atoms with Crippen molar-refractivity contribution in [3.8, 4) is 11.1 Å². The second kappa shape index (κ2) is 9.15. The number of anilines is 1. The van der Waals surface area contributed by atoms with Gasteiger partial charge in [-0.1, -0.05) is 6.07 Å². The Morgan fingerprint density at radius 3 is 2.53 bits per heavy atom. The Morgan fingerprint density at radius 2 is 1.82 bits per heavy atom. The lowest BCUT2D eigenvalue weighted by Gasteiger charge is -2.12. The van der Waals surface area contributed by atoms with Gasteiger partial charge in [-0.3, -0.25) is 9.52 Å². The number of halogens is 3. The van der Waals surface area contributed by atoms with Gasteiger partial charge in [0.15, 0.2) is 5.82 Å². The van der Waals surface area contributed by atoms with E-state index in [1.165, 1.54) is 30.9 Å². The molecule has 0 spiro atoms. The van der Waals surface area contributed by atoms with Crippen molar-refractivity contribution in [2.45, 2.75) is 4.90 Å². The molecule has 0 saturated heterocycles. The molecule has 0 radical (unpaired) electrons. The van der Waals surface area contributed by atoms with Gasteiger partial charge in [0, 0.05) is 40.7 Å². The third-order valence-corrected chi connectivity index (χ3v) is 6.95. The molecule has 0 aliphatic carbocycles. The molecule has 38 heavy (non-hydrogen) atoms. The first-order valence-corrected chi connectivity index (χ1v) is 12.2. The molecule has 0 unspecified atom stereocenters. The SMILES string of the molecule is NC(=O)n1cc(-c2cnc3[nH]cc(C(=O)c4c(F)ccc(NS(=O)(=O)c5cccc(F)c5)c4F)c3c2)cn1. The number of nitrogens with zero attached hydrogens (tertiary/aromatic N) is 3. The molecule has 3 heterocycles. The van der Waals surface area contributed by atoms with Crippen molar-refractivity contribution in [2.75, 3.05) is 4.72 Å². The van der Waals surface area contributed by atoms with Gasteiger partial charge in [0.2, 0.25) is 5.78 Å². The van der Waals surface area contributed by atoms with Crippen LogP contribution in [0.1, 0.15) is 15.9 Å². The number of hydrogen-bond donors (Lipinski definition) is 3. The van der Waals surface area contributed by atoms with Crippen LogP contribution in [-0.4, -0.2) is 40.0 Å². The van der Waals surface area contributed by atoms with E-state index in [1.54, 1.807) is 0 Å². The van der Waals surface area contributed by atoms with Gasteiger partial charge in [0.25, 0.3) is 10.0 Å². The van der Waals surface area contributed by atoms with Gasteiger partial charge in [-0.25, -0.2) is 31.4 Å². The van der Waals surface area contributed by atoms with Crippen molar-refractivity contribution in [1.82, 2.24) is 19.7 Å². The number of nitrogens with one attached hydrogen (secondary N) is 2. The molecule has 0 fully saturated rings. The number of aromatic amines is 1. The van der Waals surface area contributed by atoms with Gasteiger partial charge in [0.1, 0.15) is 17.3 Å². The zero-order chi connectivity index (χ0) is 27.2. The summed E-state index contributed by atoms with van der Waals surface area (Å²) >= 11 is 0. The van der Waals surface area contributed by atoms with Crippen molar-refractivity contribution in [2.24, 2.45) is 5.73 Å². The number of rotatable bonds is 6. The average molecular weight is 540 g/mol. The summed E-state index contributed by atoms with van der Waals surface area (Å²) in [7, 11) is -4.46. The summed E-state index contributed by atoms with van der Waals surface area (Å²) in [5.41, 5.74) is 4.40. The lowest BCUT2D eigenvalue weighted by atomic mass is 10.0. The molecule has 10 nitrogen and oxygen atoms in total. The van der Waals surface area contributed by atoms with E-state index in [0.29, 0.717) is 11.1 Å². The van der Waals surface area contributed by atoms with E-state index < -0.39 is 55.4 Å². The summed E-state index contributed by atoms with van der Waals surface area (Å²) in [6, 6.07) is 6.21. The number of carbonyl (C=O) groups is 2. The Balaban J connectivity index is 1.54. The van der Waals surface area contributed by atoms with Crippen LogP contribution in [0.2, 0.25) is 0 Å². The first-order chi connectivity index (χ1) is 18.0. The molecule has 0 aliphatic heterocycles. The maximum Gasteiger partial charge on any atom is 0.339 e. The van der Waals surface area contributed by atoms with E-state index in [4.69, 9.17) is 5.73 Å². The number of carbonyl (C=O) groups excluding carboxylic acids is 2. The number of primary amides is 1. The Hall–Kier alpha value is -4.98. The highest BCUT2D eigenvalue weighted by atomic mass is 32.2. The van der Waals surface area contributed by atoms with Crippen LogP contribution in [-0.2, 0) is 10.0 Å². The quantitative estimate of drug-likeness (QED) is 0.279. The highest BCUT2D eigenvalue weighted by Crippen LogP contribution is 2.30. The highest BCUT2D eigenvalue weighted by molar-refractivity contribution is 7.92. The number of nitrogens with two attached hydrogens (primary N) is 1. The molecule has 0 aliphatic rings. The summed E-state index contributed by atoms with van der Waals surface area (Å²) in [6.07, 6.45) is 5.32. The van der Waals surface area contributed by atoms with Gasteiger partial charge >= 0.3 is 6.03 Å². The number of hydrogen-bond acceptors (Lipinski definition) is 6. The monoisotopic (exact) mass is 540 g/mol. The van der Waals surface area contributed by atoms with E-state index in [-0.39, 0.29) is 16.6 Å². The molecule has 192 valence electrons. The maximum atomic E-state index is 15.4. The van der Waals surface area contributed by atoms with Gasteiger partial charge in [-0.05, 0) is 36.4 Å². The van der Waals surface area contributed by atoms with Gasteiger partial charge < -0.3 is 10.7 Å². The normalized spacial score (nSPS) is 11.6. The fourth-order valence-electron chi connectivity index (χ4n) is 3.75. The molecule has 2 aromatic carbocycles. The van der Waals surface area contributed by atoms with Gasteiger partial charge in [-0.2, -0.15) is 9.78 Å². The average Bonchev–Trinajstić information content (AvgIpc) is 3.53. The lowest BCUT2D eigenvalue weighted by Crippen LogP contribution is -2.19. The van der Waals surface area contributed by atoms with E-state index in [0.717, 1.165) is 41.1 Å². The number of pyridine rings is 1. The van der Waals surface area contributed by atoms with Crippen molar-refractivity contribution in [3.63, 3.8) is 0 Å². The van der Waals surface area contributed by atoms with E-state index in [2.05, 4.69) is 15.1 Å². The van der Waals surface area contributed by atoms with Crippen LogP contribution < -0.4 is 10.5 Å². The minimum absolute atomic E-state index is 0.153. The van der Waals surface area contributed by atoms with Crippen LogP contribution in [0.25, 0.3) is 22.2 Å². The molecule has 3 aromatic heterocycles. The van der Waals surface area contributed by atoms with E-state index >= 15 is 4.39 Å². The Morgan fingerprint density at radius 1 is 1.03 bits per heavy atom. The summed E-state index contributed by atoms with van der Waals surface area (Å²) < 4.78 is 71.7. The number of aromatic nitrogens is 4. The van der Waals surface area contributed by atoms with Crippen molar-refractivity contribution < 1.29 is 31.2 Å². The second-order valence-corrected chi connectivity index (χ2v) is 9.69. The number of sulfonamides is 1. The molecule has 1 amide bonds. The number of benzene rings is 2. The molecule has 0 bridgehead atoms. The summed E-state index contributed by atoms with van der Waals surface area (Å²) in [5.74, 6) is -4.62. The Bertz CT molecular complexity index is 1870. The number of amides is 1. The number of ketones is 1. The fourth-order valence-corrected chi connectivity index (χ4v) is 4.84. The molecule has 0 saturated carbocycles. The largest absolute Gasteiger partial charge is 0.350 e. The van der Waals surface area contributed by atoms with E-state index in [9.17, 15) is 26.8 Å². The maximum absolute atomic E-state index is 15.4. The van der Waals surface area contributed by atoms with Crippen molar-refractivity contribution in [3.05, 3.63) is 95.8 Å². The topological polar surface area (TPSA) is 153 Å². The van der Waals surface area contributed by atoms with Crippen LogP contribution in [0.3, 0.4) is 0 Å². The summed E-state index contributed by atoms with van der Waals surface area (Å²) in [6.45, 7) is 0. The first kappa shape index (κ1) is 24.7. The summed E-state index contributed by atoms with van der Waals surface area (Å²) in [4.78, 5) is 31.1. The molecule has 4 N–H and O–H groups in total. The third-order valence-electron chi connectivity index (χ3n) is 5.59. The van der Waals surface area contributed by atoms with Crippen LogP contribution in [0.15, 0.2) is 72.1 Å². The minimum atomic E-state index is -4.46. The van der Waals surface area contributed by atoms with Crippen LogP contribution >= 0.6 is 0 Å². The predicted octanol–water partition coefficient (Wildman–Crippen LogP) is 3.80. The zero-order valence-corrected chi connectivity index (χ0v) is 19.8. The predicted molar refractivity (Wildman–Crippen MR) is 129 cm³/mol. The van der Waals surface area contributed by atoms with Gasteiger partial charge in [0.05, 0.1) is 22.3 Å². The highest BCUT2D eigenvalue weighted by Gasteiger charge is 2.26. The van der Waals surface area contributed by atoms with Crippen molar-refractivity contribution >= 4 is 38.6 Å². The molecular weight excluding hydrogens is 525 g/mol. The lowest BCUT2D eigenvalue weighted by molar-refractivity contribution is 0.103. The fraction of sp³-hybridized carbons (Fsp3) is 0. The van der Waals surface area contributed by atoms with Crippen LogP contribution in [0.4, 0.5) is 23.7 Å². The molecule has 0 atom stereocenters. The first-order valence-electron chi connectivity index (χ1n) is 10.7. The van der Waals surface area contributed by atoms with Crippen LogP contribution in [0.5, 0.6) is 0 Å². The second-order valence-electron chi connectivity index (χ2n) is 8.01. The number of H-pyrrole nitrogens is 1. The Kier molecular flexibility index (Phi) is 5.95. The van der Waals surface area contributed by atoms with Crippen molar-refractivity contribution in [1.29, 1.82) is 0 Å². The Labute approximate surface area is 212 Å². The zero-order valence-electron chi connectivity index (χ0n) is 18.9. The molecule has 14 heteroatoms. The standard InChI is InChI=1S/C24H15F3N6O4S/c25-14-2-1-3-15(7-14)38(36,37)32-19-5-4-18(26)20(21(19)27)22(34)17-10-30-23-16(17)6-12(8-29-23)13-9-31-33(11-13)24(28)35/h1-11,32H,(H2,28,35)(H,29,30). The molecule has 5 aromatic rings. The van der Waals surface area contributed by atoms with Gasteiger partial charge in [-0.15, -0.1) is 0 Å². The number of fused-ring (bicyclic) bond motifs is 1. The minimum Gasteiger partial charge on any atom is -0.350 e. The van der Waals surface area contributed by atoms with E-state index in [1.807, 2.05) is 4.72 Å². The summed E-state index contributed by atoms with van der Waals surface area (Å²) in [5, 5.41) is 4.02. The third kappa shape index (κ3) is 4.37. The smallest absolute Gasteiger partial charge is 0.339 e.